The number of carbonyl (C=O) groups is 1. The molecule has 1 heterocycles. The number of imidazole rings is 1. The molecule has 1 atom stereocenters. The first-order chi connectivity index (χ1) is 14.4. The number of amides is 1. The van der Waals surface area contributed by atoms with Gasteiger partial charge < -0.3 is 15.6 Å². The van der Waals surface area contributed by atoms with Crippen molar-refractivity contribution in [1.29, 1.82) is 0 Å². The minimum atomic E-state index is -0.452. The monoisotopic (exact) mass is 407 g/mol. The maximum atomic E-state index is 12.9. The van der Waals surface area contributed by atoms with Gasteiger partial charge in [0.1, 0.15) is 11.5 Å². The van der Waals surface area contributed by atoms with Crippen molar-refractivity contribution in [2.75, 3.05) is 5.32 Å². The quantitative estimate of drug-likeness (QED) is 0.374. The molecule has 156 valence electrons. The van der Waals surface area contributed by atoms with E-state index in [-0.39, 0.29) is 29.2 Å². The number of aromatic amines is 1. The molecule has 0 bridgehead atoms. The van der Waals surface area contributed by atoms with Crippen molar-refractivity contribution >= 4 is 28.3 Å². The topological polar surface area (TPSA) is 113 Å². The molecule has 0 spiro atoms. The predicted octanol–water partition coefficient (Wildman–Crippen LogP) is 4.56. The van der Waals surface area contributed by atoms with Gasteiger partial charge in [0.25, 0.3) is 11.6 Å². The highest BCUT2D eigenvalue weighted by atomic mass is 16.6. The molecule has 3 N–H and O–H groups in total. The van der Waals surface area contributed by atoms with Gasteiger partial charge in [-0.1, -0.05) is 26.0 Å². The van der Waals surface area contributed by atoms with E-state index in [0.29, 0.717) is 23.9 Å². The average molecular weight is 407 g/mol. The van der Waals surface area contributed by atoms with Gasteiger partial charge in [-0.25, -0.2) is 4.98 Å². The van der Waals surface area contributed by atoms with Gasteiger partial charge in [-0.2, -0.15) is 0 Å². The summed E-state index contributed by atoms with van der Waals surface area (Å²) in [5, 5.41) is 17.7. The Morgan fingerprint density at radius 2 is 2.03 bits per heavy atom. The van der Waals surface area contributed by atoms with E-state index in [1.807, 2.05) is 24.3 Å². The largest absolute Gasteiger partial charge is 0.377 e. The highest BCUT2D eigenvalue weighted by Crippen LogP contribution is 2.32. The number of H-pyrrole nitrogens is 1. The normalized spacial score (nSPS) is 14.6. The highest BCUT2D eigenvalue weighted by Gasteiger charge is 2.26. The Hall–Kier alpha value is -3.42. The Labute approximate surface area is 174 Å². The fraction of sp³-hybridized carbons (Fsp3) is 0.364. The lowest BCUT2D eigenvalue weighted by atomic mass is 10.0. The molecular formula is C22H25N5O3. The fourth-order valence-corrected chi connectivity index (χ4v) is 3.48. The van der Waals surface area contributed by atoms with Crippen LogP contribution in [0.3, 0.4) is 0 Å². The number of nitrogens with zero attached hydrogens (tertiary/aromatic N) is 2. The number of nitrogens with one attached hydrogen (secondary N) is 3. The van der Waals surface area contributed by atoms with Crippen molar-refractivity contribution in [3.8, 4) is 0 Å². The van der Waals surface area contributed by atoms with E-state index in [4.69, 9.17) is 0 Å². The second kappa shape index (κ2) is 8.14. The third-order valence-electron chi connectivity index (χ3n) is 5.14. The number of fused-ring (bicyclic) bond motifs is 1. The first-order valence-corrected chi connectivity index (χ1v) is 10.2. The summed E-state index contributed by atoms with van der Waals surface area (Å²) in [5.41, 5.74) is 2.37. The van der Waals surface area contributed by atoms with Crippen molar-refractivity contribution in [2.24, 2.45) is 5.92 Å². The summed E-state index contributed by atoms with van der Waals surface area (Å²) in [6.07, 6.45) is 2.70. The van der Waals surface area contributed by atoms with Crippen LogP contribution < -0.4 is 10.6 Å². The number of rotatable bonds is 8. The molecule has 2 aromatic carbocycles. The Morgan fingerprint density at radius 1 is 1.27 bits per heavy atom. The van der Waals surface area contributed by atoms with Crippen LogP contribution in [0.1, 0.15) is 55.3 Å². The van der Waals surface area contributed by atoms with Gasteiger partial charge in [-0.3, -0.25) is 14.9 Å². The third kappa shape index (κ3) is 4.42. The van der Waals surface area contributed by atoms with Crippen molar-refractivity contribution in [2.45, 2.75) is 45.2 Å². The minimum absolute atomic E-state index is 0.0845. The summed E-state index contributed by atoms with van der Waals surface area (Å²) in [6, 6.07) is 12.2. The molecule has 0 aliphatic heterocycles. The molecule has 3 aromatic rings. The SMILES string of the molecule is CC(C)CC(NC(=O)c1ccc(NC2CC2)c([N+](=O)[O-])c1)c1nc2ccccc2[nH]1. The number of para-hydroxylation sites is 2. The molecule has 1 saturated carbocycles. The lowest BCUT2D eigenvalue weighted by Crippen LogP contribution is -2.30. The summed E-state index contributed by atoms with van der Waals surface area (Å²) in [4.78, 5) is 31.9. The van der Waals surface area contributed by atoms with Crippen molar-refractivity contribution < 1.29 is 9.72 Å². The van der Waals surface area contributed by atoms with Gasteiger partial charge >= 0.3 is 0 Å². The zero-order valence-electron chi connectivity index (χ0n) is 17.0. The summed E-state index contributed by atoms with van der Waals surface area (Å²) < 4.78 is 0. The zero-order chi connectivity index (χ0) is 21.3. The number of nitro benzene ring substituents is 1. The lowest BCUT2D eigenvalue weighted by molar-refractivity contribution is -0.384. The number of nitro groups is 1. The fourth-order valence-electron chi connectivity index (χ4n) is 3.48. The highest BCUT2D eigenvalue weighted by molar-refractivity contribution is 5.96. The maximum Gasteiger partial charge on any atom is 0.293 e. The minimum Gasteiger partial charge on any atom is -0.377 e. The number of hydrogen-bond donors (Lipinski definition) is 3. The molecule has 1 fully saturated rings. The van der Waals surface area contributed by atoms with Gasteiger partial charge in [0.15, 0.2) is 0 Å². The lowest BCUT2D eigenvalue weighted by Gasteiger charge is -2.19. The van der Waals surface area contributed by atoms with E-state index in [9.17, 15) is 14.9 Å². The molecule has 1 aromatic heterocycles. The van der Waals surface area contributed by atoms with Crippen LogP contribution in [-0.4, -0.2) is 26.8 Å². The Morgan fingerprint density at radius 3 is 2.70 bits per heavy atom. The van der Waals surface area contributed by atoms with Crippen LogP contribution in [0.5, 0.6) is 0 Å². The Bertz CT molecular complexity index is 1050. The molecule has 1 amide bonds. The number of benzene rings is 2. The van der Waals surface area contributed by atoms with E-state index >= 15 is 0 Å². The zero-order valence-corrected chi connectivity index (χ0v) is 17.0. The molecule has 0 saturated heterocycles. The van der Waals surface area contributed by atoms with E-state index in [1.54, 1.807) is 12.1 Å². The molecule has 4 rings (SSSR count). The first kappa shape index (κ1) is 19.9. The van der Waals surface area contributed by atoms with E-state index < -0.39 is 4.92 Å². The number of aromatic nitrogens is 2. The molecule has 1 unspecified atom stereocenters. The smallest absolute Gasteiger partial charge is 0.293 e. The van der Waals surface area contributed by atoms with Crippen molar-refractivity contribution in [3.63, 3.8) is 0 Å². The number of hydrogen-bond acceptors (Lipinski definition) is 5. The molecule has 8 nitrogen and oxygen atoms in total. The van der Waals surface area contributed by atoms with Crippen molar-refractivity contribution in [3.05, 3.63) is 64.0 Å². The standard InChI is InChI=1S/C22H25N5O3/c1-13(2)11-19(21-24-16-5-3-4-6-17(16)25-21)26-22(28)14-7-10-18(23-15-8-9-15)20(12-14)27(29)30/h3-7,10,12-13,15,19,23H,8-9,11H2,1-2H3,(H,24,25)(H,26,28). The second-order valence-corrected chi connectivity index (χ2v) is 8.20. The molecule has 30 heavy (non-hydrogen) atoms. The molecule has 0 radical (unpaired) electrons. The number of anilines is 1. The maximum absolute atomic E-state index is 12.9. The summed E-state index contributed by atoms with van der Waals surface area (Å²) >= 11 is 0. The summed E-state index contributed by atoms with van der Waals surface area (Å²) in [7, 11) is 0. The number of carbonyl (C=O) groups excluding carboxylic acids is 1. The van der Waals surface area contributed by atoms with E-state index in [2.05, 4.69) is 34.4 Å². The molecular weight excluding hydrogens is 382 g/mol. The van der Waals surface area contributed by atoms with Crippen LogP contribution in [0.15, 0.2) is 42.5 Å². The van der Waals surface area contributed by atoms with Gasteiger partial charge in [0.05, 0.1) is 22.0 Å². The molecule has 1 aliphatic carbocycles. The van der Waals surface area contributed by atoms with Gasteiger partial charge in [-0.05, 0) is 49.4 Å². The Balaban J connectivity index is 1.58. The van der Waals surface area contributed by atoms with Crippen LogP contribution in [0, 0.1) is 16.0 Å². The van der Waals surface area contributed by atoms with E-state index in [1.165, 1.54) is 6.07 Å². The molecule has 1 aliphatic rings. The Kier molecular flexibility index (Phi) is 5.39. The van der Waals surface area contributed by atoms with Crippen LogP contribution >= 0.6 is 0 Å². The van der Waals surface area contributed by atoms with Crippen LogP contribution in [-0.2, 0) is 0 Å². The third-order valence-corrected chi connectivity index (χ3v) is 5.14. The first-order valence-electron chi connectivity index (χ1n) is 10.2. The van der Waals surface area contributed by atoms with Gasteiger partial charge in [0.2, 0.25) is 0 Å². The predicted molar refractivity (Wildman–Crippen MR) is 115 cm³/mol. The summed E-state index contributed by atoms with van der Waals surface area (Å²) in [6.45, 7) is 4.15. The van der Waals surface area contributed by atoms with Crippen LogP contribution in [0.4, 0.5) is 11.4 Å². The van der Waals surface area contributed by atoms with Crippen LogP contribution in [0.2, 0.25) is 0 Å². The van der Waals surface area contributed by atoms with Crippen molar-refractivity contribution in [1.82, 2.24) is 15.3 Å². The van der Waals surface area contributed by atoms with Crippen LogP contribution in [0.25, 0.3) is 11.0 Å². The average Bonchev–Trinajstić information content (AvgIpc) is 3.41. The molecule has 8 heteroatoms. The van der Waals surface area contributed by atoms with Gasteiger partial charge in [-0.15, -0.1) is 0 Å². The van der Waals surface area contributed by atoms with Gasteiger partial charge in [0, 0.05) is 17.7 Å². The summed E-state index contributed by atoms with van der Waals surface area (Å²) in [5.74, 6) is 0.643. The van der Waals surface area contributed by atoms with E-state index in [0.717, 1.165) is 23.9 Å². The second-order valence-electron chi connectivity index (χ2n) is 8.20.